The zero-order valence-electron chi connectivity index (χ0n) is 19.4. The Kier molecular flexibility index (Phi) is 6.23. The summed E-state index contributed by atoms with van der Waals surface area (Å²) in [6, 6.07) is 4.10. The molecule has 0 bridgehead atoms. The molecule has 1 aromatic carbocycles. The third-order valence-electron chi connectivity index (χ3n) is 6.41. The first-order valence-corrected chi connectivity index (χ1v) is 10.7. The second kappa shape index (κ2) is 8.38. The number of methoxy groups -OCH3 is 1. The zero-order chi connectivity index (χ0) is 22.2. The molecule has 2 aliphatic rings. The molecule has 1 heterocycles. The number of anilines is 1. The van der Waals surface area contributed by atoms with Gasteiger partial charge in [-0.15, -0.1) is 0 Å². The molecule has 0 radical (unpaired) electrons. The molecule has 0 atom stereocenters. The largest absolute Gasteiger partial charge is 0.496 e. The van der Waals surface area contributed by atoms with Gasteiger partial charge in [0.15, 0.2) is 11.6 Å². The van der Waals surface area contributed by atoms with Crippen molar-refractivity contribution in [1.29, 1.82) is 0 Å². The number of ether oxygens (including phenoxy) is 1. The molecule has 0 N–H and O–H groups in total. The Balaban J connectivity index is 2.16. The Hall–Kier alpha value is -2.40. The number of benzene rings is 1. The van der Waals surface area contributed by atoms with E-state index in [1.807, 2.05) is 12.1 Å². The van der Waals surface area contributed by atoms with Gasteiger partial charge in [-0.1, -0.05) is 13.8 Å². The molecule has 0 saturated heterocycles. The van der Waals surface area contributed by atoms with Crippen molar-refractivity contribution in [3.8, 4) is 0 Å². The molecule has 1 aromatic rings. The smallest absolute Gasteiger partial charge is 0.163 e. The molecule has 0 fully saturated rings. The molecule has 3 rings (SSSR count). The normalized spacial score (nSPS) is 19.3. The van der Waals surface area contributed by atoms with Gasteiger partial charge in [0, 0.05) is 47.0 Å². The predicted octanol–water partition coefficient (Wildman–Crippen LogP) is 4.26. The molecule has 162 valence electrons. The lowest BCUT2D eigenvalue weighted by Gasteiger charge is -2.28. The molecule has 5 nitrogen and oxygen atoms in total. The van der Waals surface area contributed by atoms with E-state index in [0.717, 1.165) is 37.2 Å². The molecular formula is C25H34N2O3. The lowest BCUT2D eigenvalue weighted by atomic mass is 9.80. The number of carbonyl (C=O) groups is 2. The zero-order valence-corrected chi connectivity index (χ0v) is 19.4. The van der Waals surface area contributed by atoms with Crippen LogP contribution in [0.4, 0.5) is 5.69 Å². The van der Waals surface area contributed by atoms with Crippen molar-refractivity contribution in [2.45, 2.75) is 52.4 Å². The predicted molar refractivity (Wildman–Crippen MR) is 121 cm³/mol. The number of ketones is 2. The number of fused-ring (bicyclic) bond motifs is 3. The van der Waals surface area contributed by atoms with Crippen LogP contribution in [0.2, 0.25) is 0 Å². The van der Waals surface area contributed by atoms with E-state index in [4.69, 9.17) is 4.74 Å². The maximum atomic E-state index is 12.4. The summed E-state index contributed by atoms with van der Waals surface area (Å²) in [4.78, 5) is 28.9. The van der Waals surface area contributed by atoms with E-state index >= 15 is 0 Å². The van der Waals surface area contributed by atoms with Crippen LogP contribution in [-0.2, 0) is 21.4 Å². The molecule has 30 heavy (non-hydrogen) atoms. The molecule has 1 aliphatic heterocycles. The van der Waals surface area contributed by atoms with Crippen LogP contribution in [-0.4, -0.2) is 50.8 Å². The van der Waals surface area contributed by atoms with E-state index in [1.165, 1.54) is 16.8 Å². The number of rotatable bonds is 7. The van der Waals surface area contributed by atoms with Gasteiger partial charge in [0.25, 0.3) is 0 Å². The molecule has 0 amide bonds. The number of allylic oxidation sites excluding steroid dienone is 3. The van der Waals surface area contributed by atoms with Gasteiger partial charge >= 0.3 is 0 Å². The Morgan fingerprint density at radius 3 is 2.53 bits per heavy atom. The van der Waals surface area contributed by atoms with Crippen LogP contribution in [0, 0.1) is 0 Å². The van der Waals surface area contributed by atoms with E-state index in [2.05, 4.69) is 43.8 Å². The van der Waals surface area contributed by atoms with E-state index in [0.29, 0.717) is 17.8 Å². The summed E-state index contributed by atoms with van der Waals surface area (Å²) in [5, 5.41) is 0. The molecular weight excluding hydrogens is 376 g/mol. The highest BCUT2D eigenvalue weighted by Crippen LogP contribution is 2.51. The van der Waals surface area contributed by atoms with Crippen molar-refractivity contribution < 1.29 is 14.3 Å². The summed E-state index contributed by atoms with van der Waals surface area (Å²) < 4.78 is 5.62. The van der Waals surface area contributed by atoms with Crippen molar-refractivity contribution in [2.75, 3.05) is 39.2 Å². The molecule has 0 unspecified atom stereocenters. The van der Waals surface area contributed by atoms with Crippen molar-refractivity contribution in [1.82, 2.24) is 4.90 Å². The minimum absolute atomic E-state index is 0.00247. The fourth-order valence-corrected chi connectivity index (χ4v) is 4.71. The Labute approximate surface area is 180 Å². The van der Waals surface area contributed by atoms with Crippen molar-refractivity contribution >= 4 is 17.3 Å². The van der Waals surface area contributed by atoms with Crippen LogP contribution in [0.3, 0.4) is 0 Å². The first-order valence-electron chi connectivity index (χ1n) is 10.7. The molecule has 1 aliphatic carbocycles. The average molecular weight is 411 g/mol. The second-order valence-electron chi connectivity index (χ2n) is 9.12. The van der Waals surface area contributed by atoms with Crippen LogP contribution < -0.4 is 4.90 Å². The molecule has 5 heteroatoms. The summed E-state index contributed by atoms with van der Waals surface area (Å²) in [5.41, 5.74) is 5.93. The van der Waals surface area contributed by atoms with Crippen LogP contribution >= 0.6 is 0 Å². The molecule has 0 aromatic heterocycles. The highest BCUT2D eigenvalue weighted by atomic mass is 16.5. The Morgan fingerprint density at radius 2 is 1.93 bits per heavy atom. The quantitative estimate of drug-likeness (QED) is 0.497. The number of nitrogens with zero attached hydrogens (tertiary/aromatic N) is 2. The van der Waals surface area contributed by atoms with Crippen molar-refractivity contribution in [2.24, 2.45) is 0 Å². The first kappa shape index (κ1) is 22.3. The van der Waals surface area contributed by atoms with Crippen LogP contribution in [0.25, 0.3) is 0 Å². The maximum Gasteiger partial charge on any atom is 0.163 e. The summed E-state index contributed by atoms with van der Waals surface area (Å²) in [7, 11) is 5.78. The SMILES string of the molecule is COC(/C=C1/N(CCCN(C)C)c2ccc3c(c2C1(C)C)CCC3=O)=C(/C)C(C)=O. The molecule has 0 spiro atoms. The average Bonchev–Trinajstić information content (AvgIpc) is 3.15. The summed E-state index contributed by atoms with van der Waals surface area (Å²) >= 11 is 0. The summed E-state index contributed by atoms with van der Waals surface area (Å²) in [6.07, 6.45) is 4.43. The minimum Gasteiger partial charge on any atom is -0.496 e. The fraction of sp³-hybridized carbons (Fsp3) is 0.520. The highest BCUT2D eigenvalue weighted by molar-refractivity contribution is 6.02. The van der Waals surface area contributed by atoms with Crippen LogP contribution in [0.15, 0.2) is 35.2 Å². The fourth-order valence-electron chi connectivity index (χ4n) is 4.71. The number of hydrogen-bond acceptors (Lipinski definition) is 5. The Morgan fingerprint density at radius 1 is 1.23 bits per heavy atom. The monoisotopic (exact) mass is 410 g/mol. The van der Waals surface area contributed by atoms with Crippen molar-refractivity contribution in [3.63, 3.8) is 0 Å². The van der Waals surface area contributed by atoms with E-state index in [9.17, 15) is 9.59 Å². The van der Waals surface area contributed by atoms with E-state index in [1.54, 1.807) is 21.0 Å². The summed E-state index contributed by atoms with van der Waals surface area (Å²) in [6.45, 7) is 9.65. The maximum absolute atomic E-state index is 12.4. The van der Waals surface area contributed by atoms with Crippen LogP contribution in [0.5, 0.6) is 0 Å². The minimum atomic E-state index is -0.287. The Bertz CT molecular complexity index is 938. The standard InChI is InChI=1S/C25H34N2O3/c1-16(17(2)28)22(30-7)15-23-25(3,4)24-19-10-12-21(29)18(19)9-11-20(24)27(23)14-8-13-26(5)6/h9,11,15H,8,10,12-14H2,1-7H3/b22-16-,23-15+. The van der Waals surface area contributed by atoms with Gasteiger partial charge < -0.3 is 14.5 Å². The van der Waals surface area contributed by atoms with Gasteiger partial charge in [0.1, 0.15) is 5.76 Å². The number of hydrogen-bond donors (Lipinski definition) is 0. The summed E-state index contributed by atoms with van der Waals surface area (Å²) in [5.74, 6) is 0.844. The third kappa shape index (κ3) is 3.83. The van der Waals surface area contributed by atoms with E-state index in [-0.39, 0.29) is 17.0 Å². The van der Waals surface area contributed by atoms with Gasteiger partial charge in [0.2, 0.25) is 0 Å². The first-order chi connectivity index (χ1) is 14.1. The van der Waals surface area contributed by atoms with Gasteiger partial charge in [-0.25, -0.2) is 0 Å². The van der Waals surface area contributed by atoms with Gasteiger partial charge in [-0.3, -0.25) is 9.59 Å². The molecule has 0 saturated carbocycles. The lowest BCUT2D eigenvalue weighted by Crippen LogP contribution is -2.29. The highest BCUT2D eigenvalue weighted by Gasteiger charge is 2.44. The number of Topliss-reactive ketones (excluding diaryl/α,β-unsaturated/α-hetero) is 2. The van der Waals surface area contributed by atoms with E-state index < -0.39 is 0 Å². The van der Waals surface area contributed by atoms with Crippen LogP contribution in [0.1, 0.15) is 62.0 Å². The van der Waals surface area contributed by atoms with Crippen molar-refractivity contribution in [3.05, 3.63) is 51.9 Å². The van der Waals surface area contributed by atoms with Gasteiger partial charge in [-0.2, -0.15) is 0 Å². The van der Waals surface area contributed by atoms with Gasteiger partial charge in [-0.05, 0) is 70.6 Å². The number of carbonyl (C=O) groups excluding carboxylic acids is 2. The topological polar surface area (TPSA) is 49.9 Å². The lowest BCUT2D eigenvalue weighted by molar-refractivity contribution is -0.113. The van der Waals surface area contributed by atoms with Gasteiger partial charge in [0.05, 0.1) is 7.11 Å². The second-order valence-corrected chi connectivity index (χ2v) is 9.12. The third-order valence-corrected chi connectivity index (χ3v) is 6.41.